The highest BCUT2D eigenvalue weighted by Gasteiger charge is 2.22. The number of β-amino-alcohol motifs (C(OH)–C–C–N with tert-alkyl or cyclic N) is 1. The van der Waals surface area contributed by atoms with E-state index in [0.717, 1.165) is 53.8 Å². The first kappa shape index (κ1) is 22.5. The van der Waals surface area contributed by atoms with Gasteiger partial charge in [-0.1, -0.05) is 17.3 Å². The number of nitrogens with one attached hydrogen (secondary N) is 1. The lowest BCUT2D eigenvalue weighted by Gasteiger charge is -2.35. The number of aromatic amines is 1. The van der Waals surface area contributed by atoms with Crippen LogP contribution in [0.4, 0.5) is 10.2 Å². The summed E-state index contributed by atoms with van der Waals surface area (Å²) in [5, 5.41) is 24.1. The Hall–Kier alpha value is -3.95. The van der Waals surface area contributed by atoms with Crippen molar-refractivity contribution in [2.75, 3.05) is 44.2 Å². The summed E-state index contributed by atoms with van der Waals surface area (Å²) in [4.78, 5) is 4.54. The quantitative estimate of drug-likeness (QED) is 0.358. The summed E-state index contributed by atoms with van der Waals surface area (Å²) in [6, 6.07) is 19.9. The van der Waals surface area contributed by atoms with Gasteiger partial charge >= 0.3 is 0 Å². The molecule has 8 nitrogen and oxygen atoms in total. The van der Waals surface area contributed by atoms with Crippen LogP contribution in [0.25, 0.3) is 33.1 Å². The maximum absolute atomic E-state index is 13.4. The highest BCUT2D eigenvalue weighted by Crippen LogP contribution is 2.29. The number of nitrogens with zero attached hydrogens (tertiary/aromatic N) is 4. The van der Waals surface area contributed by atoms with Gasteiger partial charge in [0, 0.05) is 55.1 Å². The van der Waals surface area contributed by atoms with E-state index in [1.165, 1.54) is 12.1 Å². The van der Waals surface area contributed by atoms with Gasteiger partial charge in [-0.05, 0) is 48.5 Å². The molecule has 0 amide bonds. The molecule has 0 aliphatic carbocycles. The van der Waals surface area contributed by atoms with Crippen LogP contribution in [0.5, 0.6) is 5.75 Å². The van der Waals surface area contributed by atoms with Crippen molar-refractivity contribution in [3.8, 4) is 17.0 Å². The summed E-state index contributed by atoms with van der Waals surface area (Å²) in [6.07, 6.45) is -0.600. The maximum atomic E-state index is 13.4. The lowest BCUT2D eigenvalue weighted by molar-refractivity contribution is 0.0663. The van der Waals surface area contributed by atoms with E-state index in [4.69, 9.17) is 9.26 Å². The topological polar surface area (TPSA) is 90.7 Å². The third-order valence-corrected chi connectivity index (χ3v) is 6.60. The molecule has 9 heteroatoms. The Morgan fingerprint density at radius 2 is 1.81 bits per heavy atom. The number of benzene rings is 3. The molecule has 36 heavy (non-hydrogen) atoms. The Labute approximate surface area is 206 Å². The van der Waals surface area contributed by atoms with Gasteiger partial charge in [-0.15, -0.1) is 0 Å². The molecule has 1 fully saturated rings. The van der Waals surface area contributed by atoms with Gasteiger partial charge < -0.3 is 19.3 Å². The van der Waals surface area contributed by atoms with Gasteiger partial charge in [0.15, 0.2) is 11.4 Å². The molecule has 0 bridgehead atoms. The third-order valence-electron chi connectivity index (χ3n) is 6.60. The molecule has 0 saturated carbocycles. The van der Waals surface area contributed by atoms with Crippen LogP contribution < -0.4 is 9.64 Å². The van der Waals surface area contributed by atoms with Gasteiger partial charge in [0.25, 0.3) is 0 Å². The van der Waals surface area contributed by atoms with Crippen LogP contribution in [-0.4, -0.2) is 70.8 Å². The predicted molar refractivity (Wildman–Crippen MR) is 136 cm³/mol. The van der Waals surface area contributed by atoms with Crippen molar-refractivity contribution >= 4 is 27.7 Å². The average Bonchev–Trinajstić information content (AvgIpc) is 3.52. The Balaban J connectivity index is 1.00. The summed E-state index contributed by atoms with van der Waals surface area (Å²) < 4.78 is 24.5. The molecule has 3 aromatic carbocycles. The first-order chi connectivity index (χ1) is 17.6. The van der Waals surface area contributed by atoms with E-state index in [-0.39, 0.29) is 12.4 Å². The highest BCUT2D eigenvalue weighted by molar-refractivity contribution is 5.91. The molecule has 6 rings (SSSR count). The number of anilines is 1. The number of halogens is 1. The lowest BCUT2D eigenvalue weighted by Crippen LogP contribution is -2.49. The van der Waals surface area contributed by atoms with E-state index < -0.39 is 6.10 Å². The SMILES string of the molecule is O[C@@H](COc1ccc(-c2noc3cc(F)ccc23)cc1)CN1CCN(c2n[nH]c3ccccc23)CC1. The smallest absolute Gasteiger partial charge is 0.170 e. The van der Waals surface area contributed by atoms with Gasteiger partial charge in [-0.3, -0.25) is 10.00 Å². The number of aliphatic hydroxyl groups is 1. The average molecular weight is 488 g/mol. The summed E-state index contributed by atoms with van der Waals surface area (Å²) >= 11 is 0. The number of piperazine rings is 1. The summed E-state index contributed by atoms with van der Waals surface area (Å²) in [6.45, 7) is 4.16. The Kier molecular flexibility index (Phi) is 6.00. The second-order valence-corrected chi connectivity index (χ2v) is 9.04. The fourth-order valence-corrected chi connectivity index (χ4v) is 4.70. The van der Waals surface area contributed by atoms with Crippen LogP contribution in [0.2, 0.25) is 0 Å². The third kappa shape index (κ3) is 4.50. The van der Waals surface area contributed by atoms with E-state index in [0.29, 0.717) is 23.6 Å². The Morgan fingerprint density at radius 1 is 1.00 bits per heavy atom. The number of rotatable bonds is 7. The molecular weight excluding hydrogens is 461 g/mol. The van der Waals surface area contributed by atoms with Gasteiger partial charge in [0.2, 0.25) is 0 Å². The van der Waals surface area contributed by atoms with Crippen LogP contribution in [0.1, 0.15) is 0 Å². The van der Waals surface area contributed by atoms with Crippen molar-refractivity contribution in [2.45, 2.75) is 6.10 Å². The van der Waals surface area contributed by atoms with Crippen molar-refractivity contribution in [1.29, 1.82) is 0 Å². The predicted octanol–water partition coefficient (Wildman–Crippen LogP) is 4.07. The lowest BCUT2D eigenvalue weighted by atomic mass is 10.1. The number of H-pyrrole nitrogens is 1. The first-order valence-electron chi connectivity index (χ1n) is 12.0. The minimum atomic E-state index is -0.600. The molecule has 0 unspecified atom stereocenters. The number of aromatic nitrogens is 3. The molecule has 0 spiro atoms. The van der Waals surface area contributed by atoms with Crippen LogP contribution in [0.3, 0.4) is 0 Å². The molecule has 5 aromatic rings. The fourth-order valence-electron chi connectivity index (χ4n) is 4.70. The van der Waals surface area contributed by atoms with E-state index in [1.807, 2.05) is 42.5 Å². The minimum Gasteiger partial charge on any atom is -0.491 e. The maximum Gasteiger partial charge on any atom is 0.170 e. The van der Waals surface area contributed by atoms with E-state index in [2.05, 4.69) is 31.2 Å². The molecule has 1 saturated heterocycles. The molecule has 0 radical (unpaired) electrons. The molecule has 1 aliphatic heterocycles. The zero-order valence-corrected chi connectivity index (χ0v) is 19.6. The van der Waals surface area contributed by atoms with Gasteiger partial charge in [-0.25, -0.2) is 4.39 Å². The van der Waals surface area contributed by atoms with Crippen molar-refractivity contribution in [3.63, 3.8) is 0 Å². The molecular formula is C27H26FN5O3. The van der Waals surface area contributed by atoms with E-state index >= 15 is 0 Å². The number of para-hydroxylation sites is 1. The van der Waals surface area contributed by atoms with Crippen molar-refractivity contribution in [3.05, 3.63) is 72.5 Å². The van der Waals surface area contributed by atoms with Crippen LogP contribution in [-0.2, 0) is 0 Å². The summed E-state index contributed by atoms with van der Waals surface area (Å²) in [5.74, 6) is 1.29. The van der Waals surface area contributed by atoms with Gasteiger partial charge in [0.05, 0.1) is 5.52 Å². The van der Waals surface area contributed by atoms with Crippen LogP contribution in [0, 0.1) is 5.82 Å². The summed E-state index contributed by atoms with van der Waals surface area (Å²) in [7, 11) is 0. The fraction of sp³-hybridized carbons (Fsp3) is 0.259. The second-order valence-electron chi connectivity index (χ2n) is 9.04. The van der Waals surface area contributed by atoms with Crippen molar-refractivity contribution in [1.82, 2.24) is 20.3 Å². The zero-order valence-electron chi connectivity index (χ0n) is 19.6. The number of fused-ring (bicyclic) bond motifs is 2. The highest BCUT2D eigenvalue weighted by atomic mass is 19.1. The van der Waals surface area contributed by atoms with Crippen LogP contribution in [0.15, 0.2) is 71.3 Å². The Bertz CT molecular complexity index is 1470. The standard InChI is InChI=1S/C27H26FN5O3/c28-19-7-10-23-25(15-19)36-31-26(23)18-5-8-21(9-6-18)35-17-20(34)16-32-11-13-33(14-12-32)27-22-3-1-2-4-24(22)29-30-27/h1-10,15,20,34H,11-14,16-17H2,(H,29,30)/t20-/m1/s1. The largest absolute Gasteiger partial charge is 0.491 e. The molecule has 3 heterocycles. The molecule has 2 N–H and O–H groups in total. The normalized spacial score (nSPS) is 15.6. The molecule has 2 aromatic heterocycles. The first-order valence-corrected chi connectivity index (χ1v) is 12.0. The molecule has 184 valence electrons. The van der Waals surface area contributed by atoms with E-state index in [9.17, 15) is 9.50 Å². The number of hydrogen-bond donors (Lipinski definition) is 2. The van der Waals surface area contributed by atoms with Crippen molar-refractivity contribution in [2.24, 2.45) is 0 Å². The Morgan fingerprint density at radius 3 is 2.64 bits per heavy atom. The van der Waals surface area contributed by atoms with Gasteiger partial charge in [0.1, 0.15) is 30.0 Å². The van der Waals surface area contributed by atoms with E-state index in [1.54, 1.807) is 6.07 Å². The zero-order chi connectivity index (χ0) is 24.5. The van der Waals surface area contributed by atoms with Crippen LogP contribution >= 0.6 is 0 Å². The second kappa shape index (κ2) is 9.60. The monoisotopic (exact) mass is 487 g/mol. The molecule has 1 aliphatic rings. The minimum absolute atomic E-state index is 0.204. The number of ether oxygens (including phenoxy) is 1. The number of hydrogen-bond acceptors (Lipinski definition) is 7. The summed E-state index contributed by atoms with van der Waals surface area (Å²) in [5.41, 5.74) is 2.95. The van der Waals surface area contributed by atoms with Gasteiger partial charge in [-0.2, -0.15) is 5.10 Å². The molecule has 1 atom stereocenters. The van der Waals surface area contributed by atoms with Crippen molar-refractivity contribution < 1.29 is 18.8 Å². The number of aliphatic hydroxyl groups excluding tert-OH is 1.